The fourth-order valence-electron chi connectivity index (χ4n) is 5.04. The Morgan fingerprint density at radius 1 is 1.15 bits per heavy atom. The second-order valence-electron chi connectivity index (χ2n) is 9.17. The maximum atomic E-state index is 12.4. The average molecular weight is 453 g/mol. The summed E-state index contributed by atoms with van der Waals surface area (Å²) in [6.07, 6.45) is 11.4. The lowest BCUT2D eigenvalue weighted by molar-refractivity contribution is -0.115. The van der Waals surface area contributed by atoms with Crippen molar-refractivity contribution in [2.24, 2.45) is 5.92 Å². The van der Waals surface area contributed by atoms with Crippen LogP contribution in [0.1, 0.15) is 25.0 Å². The van der Waals surface area contributed by atoms with Crippen LogP contribution < -0.4 is 10.6 Å². The summed E-state index contributed by atoms with van der Waals surface area (Å²) in [5.74, 6) is 2.39. The number of hydrogen-bond donors (Lipinski definition) is 2. The summed E-state index contributed by atoms with van der Waals surface area (Å²) >= 11 is 0. The Balaban J connectivity index is 1.20. The van der Waals surface area contributed by atoms with Crippen LogP contribution >= 0.6 is 0 Å². The molecule has 172 valence electrons. The van der Waals surface area contributed by atoms with E-state index in [9.17, 15) is 4.79 Å². The number of rotatable bonds is 6. The lowest BCUT2D eigenvalue weighted by Gasteiger charge is -2.15. The third kappa shape index (κ3) is 4.17. The summed E-state index contributed by atoms with van der Waals surface area (Å²) in [4.78, 5) is 19.8. The minimum absolute atomic E-state index is 0.0439. The second-order valence-corrected chi connectivity index (χ2v) is 9.17. The largest absolute Gasteiger partial charge is 0.457 e. The van der Waals surface area contributed by atoms with Crippen molar-refractivity contribution >= 4 is 28.7 Å². The summed E-state index contributed by atoms with van der Waals surface area (Å²) < 4.78 is 6.12. The molecule has 0 radical (unpaired) electrons. The lowest BCUT2D eigenvalue weighted by Crippen LogP contribution is -2.26. The Morgan fingerprint density at radius 2 is 2.03 bits per heavy atom. The van der Waals surface area contributed by atoms with Gasteiger partial charge in [0.25, 0.3) is 5.91 Å². The minimum atomic E-state index is -0.0439. The zero-order chi connectivity index (χ0) is 22.9. The van der Waals surface area contributed by atoms with Crippen molar-refractivity contribution < 1.29 is 9.21 Å². The standard InChI is InChI=1S/C28H28N4O2/c33-28-23(22-5-1-2-6-24(22)31-28)18-21-10-11-26(34-21)20-8-7-19-9-12-27(30-25(19)17-20)29-13-16-32-14-3-4-15-32/h1-2,6-12,17-18,22H,3-5,13-16H2,(H,29,30)(H,31,33). The van der Waals surface area contributed by atoms with Gasteiger partial charge in [-0.3, -0.25) is 4.79 Å². The molecule has 2 aliphatic heterocycles. The molecule has 6 nitrogen and oxygen atoms in total. The van der Waals surface area contributed by atoms with E-state index in [-0.39, 0.29) is 11.8 Å². The second kappa shape index (κ2) is 8.95. The number of furan rings is 1. The highest BCUT2D eigenvalue weighted by Gasteiger charge is 2.33. The molecule has 34 heavy (non-hydrogen) atoms. The van der Waals surface area contributed by atoms with Crippen molar-refractivity contribution in [2.75, 3.05) is 31.5 Å². The molecular formula is C28H28N4O2. The van der Waals surface area contributed by atoms with Crippen molar-refractivity contribution in [1.29, 1.82) is 0 Å². The van der Waals surface area contributed by atoms with E-state index < -0.39 is 0 Å². The molecule has 3 aliphatic rings. The van der Waals surface area contributed by atoms with Crippen molar-refractivity contribution in [1.82, 2.24) is 15.2 Å². The Bertz CT molecular complexity index is 1330. The molecule has 1 unspecified atom stereocenters. The highest BCUT2D eigenvalue weighted by Crippen LogP contribution is 2.34. The normalized spacial score (nSPS) is 21.2. The van der Waals surface area contributed by atoms with Gasteiger partial charge in [-0.2, -0.15) is 0 Å². The molecule has 1 aliphatic carbocycles. The maximum absolute atomic E-state index is 12.4. The first-order valence-electron chi connectivity index (χ1n) is 12.1. The Labute approximate surface area is 199 Å². The van der Waals surface area contributed by atoms with Gasteiger partial charge >= 0.3 is 0 Å². The number of allylic oxidation sites excluding steroid dienone is 4. The minimum Gasteiger partial charge on any atom is -0.457 e. The van der Waals surface area contributed by atoms with E-state index in [0.717, 1.165) is 58.8 Å². The number of fused-ring (bicyclic) bond motifs is 2. The van der Waals surface area contributed by atoms with Crippen LogP contribution in [0.5, 0.6) is 0 Å². The van der Waals surface area contributed by atoms with Gasteiger partial charge in [0, 0.05) is 41.2 Å². The number of pyridine rings is 1. The third-order valence-electron chi connectivity index (χ3n) is 6.89. The fourth-order valence-corrected chi connectivity index (χ4v) is 5.04. The number of carbonyl (C=O) groups is 1. The van der Waals surface area contributed by atoms with E-state index in [1.165, 1.54) is 25.9 Å². The Hall–Kier alpha value is -3.64. The fraction of sp³-hybridized carbons (Fsp3) is 0.286. The van der Waals surface area contributed by atoms with E-state index in [1.54, 1.807) is 0 Å². The van der Waals surface area contributed by atoms with Crippen LogP contribution in [0.2, 0.25) is 0 Å². The average Bonchev–Trinajstić information content (AvgIpc) is 3.60. The zero-order valence-corrected chi connectivity index (χ0v) is 19.1. The van der Waals surface area contributed by atoms with Gasteiger partial charge in [-0.1, -0.05) is 24.3 Å². The van der Waals surface area contributed by atoms with Gasteiger partial charge in [0.15, 0.2) is 0 Å². The number of amides is 1. The van der Waals surface area contributed by atoms with Crippen molar-refractivity contribution in [2.45, 2.75) is 19.3 Å². The first kappa shape index (κ1) is 20.9. The van der Waals surface area contributed by atoms with Crippen LogP contribution in [0.4, 0.5) is 5.82 Å². The number of carbonyl (C=O) groups excluding carboxylic acids is 1. The van der Waals surface area contributed by atoms with E-state index in [1.807, 2.05) is 36.4 Å². The zero-order valence-electron chi connectivity index (χ0n) is 19.1. The van der Waals surface area contributed by atoms with E-state index >= 15 is 0 Å². The molecular weight excluding hydrogens is 424 g/mol. The van der Waals surface area contributed by atoms with Crippen molar-refractivity contribution in [3.63, 3.8) is 0 Å². The van der Waals surface area contributed by atoms with Gasteiger partial charge in [-0.05, 0) is 74.8 Å². The number of nitrogens with one attached hydrogen (secondary N) is 2. The molecule has 0 saturated carbocycles. The van der Waals surface area contributed by atoms with E-state index in [0.29, 0.717) is 5.76 Å². The van der Waals surface area contributed by atoms with E-state index in [2.05, 4.69) is 45.9 Å². The summed E-state index contributed by atoms with van der Waals surface area (Å²) in [7, 11) is 0. The van der Waals surface area contributed by atoms with Crippen LogP contribution in [0.15, 0.2) is 76.4 Å². The molecule has 3 aromatic rings. The molecule has 1 atom stereocenters. The Morgan fingerprint density at radius 3 is 2.94 bits per heavy atom. The van der Waals surface area contributed by atoms with Crippen LogP contribution in [0.3, 0.4) is 0 Å². The first-order valence-corrected chi connectivity index (χ1v) is 12.1. The molecule has 2 saturated heterocycles. The molecule has 6 rings (SSSR count). The molecule has 6 heteroatoms. The smallest absolute Gasteiger partial charge is 0.252 e. The predicted molar refractivity (Wildman–Crippen MR) is 135 cm³/mol. The predicted octanol–water partition coefficient (Wildman–Crippen LogP) is 4.98. The summed E-state index contributed by atoms with van der Waals surface area (Å²) in [5.41, 5.74) is 3.62. The van der Waals surface area contributed by atoms with Crippen LogP contribution in [-0.4, -0.2) is 42.0 Å². The van der Waals surface area contributed by atoms with Crippen LogP contribution in [0.25, 0.3) is 28.3 Å². The lowest BCUT2D eigenvalue weighted by atomic mass is 9.92. The van der Waals surface area contributed by atoms with Crippen molar-refractivity contribution in [3.05, 3.63) is 77.7 Å². The molecule has 0 spiro atoms. The van der Waals surface area contributed by atoms with Gasteiger partial charge < -0.3 is 20.0 Å². The molecule has 4 heterocycles. The molecule has 1 amide bonds. The topological polar surface area (TPSA) is 70.4 Å². The van der Waals surface area contributed by atoms with Gasteiger partial charge in [0.2, 0.25) is 0 Å². The quantitative estimate of drug-likeness (QED) is 0.517. The van der Waals surface area contributed by atoms with E-state index in [4.69, 9.17) is 9.40 Å². The molecule has 2 fully saturated rings. The van der Waals surface area contributed by atoms with Crippen molar-refractivity contribution in [3.8, 4) is 11.3 Å². The highest BCUT2D eigenvalue weighted by molar-refractivity contribution is 6.03. The maximum Gasteiger partial charge on any atom is 0.252 e. The SMILES string of the molecule is O=C1NC2=CC=CCC2C1=Cc1ccc(-c2ccc3ccc(NCCN4CCCC4)nc3c2)o1. The molecule has 1 aromatic carbocycles. The molecule has 0 bridgehead atoms. The summed E-state index contributed by atoms with van der Waals surface area (Å²) in [6, 6.07) is 14.2. The van der Waals surface area contributed by atoms with Crippen LogP contribution in [0, 0.1) is 5.92 Å². The first-order chi connectivity index (χ1) is 16.7. The van der Waals surface area contributed by atoms with Gasteiger partial charge in [-0.25, -0.2) is 4.98 Å². The van der Waals surface area contributed by atoms with Gasteiger partial charge in [0.05, 0.1) is 5.52 Å². The van der Waals surface area contributed by atoms with Gasteiger partial charge in [-0.15, -0.1) is 0 Å². The summed E-state index contributed by atoms with van der Waals surface area (Å²) in [6.45, 7) is 4.36. The summed E-state index contributed by atoms with van der Waals surface area (Å²) in [5, 5.41) is 7.52. The Kier molecular flexibility index (Phi) is 5.51. The molecule has 2 aromatic heterocycles. The molecule has 2 N–H and O–H groups in total. The van der Waals surface area contributed by atoms with Crippen LogP contribution in [-0.2, 0) is 4.79 Å². The number of nitrogens with zero attached hydrogens (tertiary/aromatic N) is 2. The van der Waals surface area contributed by atoms with Gasteiger partial charge in [0.1, 0.15) is 17.3 Å². The number of likely N-dealkylation sites (tertiary alicyclic amines) is 1. The number of aromatic nitrogens is 1. The third-order valence-corrected chi connectivity index (χ3v) is 6.89. The monoisotopic (exact) mass is 452 g/mol. The number of anilines is 1. The highest BCUT2D eigenvalue weighted by atomic mass is 16.3. The number of hydrogen-bond acceptors (Lipinski definition) is 5. The number of benzene rings is 1.